The van der Waals surface area contributed by atoms with E-state index >= 15 is 0 Å². The molecule has 1 fully saturated rings. The third-order valence-corrected chi connectivity index (χ3v) is 10.3. The smallest absolute Gasteiger partial charge is 0.0422 e. The second-order valence-corrected chi connectivity index (χ2v) is 13.2. The zero-order valence-corrected chi connectivity index (χ0v) is 29.5. The van der Waals surface area contributed by atoms with E-state index in [-0.39, 0.29) is 5.92 Å². The first-order valence-electron chi connectivity index (χ1n) is 18.1. The molecule has 0 aliphatic heterocycles. The van der Waals surface area contributed by atoms with Gasteiger partial charge in [-0.3, -0.25) is 0 Å². The van der Waals surface area contributed by atoms with Crippen molar-refractivity contribution in [1.29, 1.82) is 0 Å². The number of para-hydroxylation sites is 1. The molecule has 0 saturated heterocycles. The van der Waals surface area contributed by atoms with Crippen molar-refractivity contribution < 1.29 is 0 Å². The van der Waals surface area contributed by atoms with E-state index in [1.54, 1.807) is 0 Å². The highest BCUT2D eigenvalue weighted by Crippen LogP contribution is 2.41. The molecule has 1 N–H and O–H groups in total. The van der Waals surface area contributed by atoms with E-state index in [1.807, 2.05) is 18.2 Å². The van der Waals surface area contributed by atoms with E-state index in [2.05, 4.69) is 164 Å². The predicted octanol–water partition coefficient (Wildman–Crippen LogP) is 12.3. The number of hydrogen-bond donors (Lipinski definition) is 1. The normalized spacial score (nSPS) is 16.9. The van der Waals surface area contributed by atoms with Crippen LogP contribution in [-0.2, 0) is 0 Å². The van der Waals surface area contributed by atoms with Crippen LogP contribution in [0.25, 0.3) is 10.8 Å². The summed E-state index contributed by atoms with van der Waals surface area (Å²) in [5, 5.41) is 6.57. The van der Waals surface area contributed by atoms with Crippen LogP contribution in [0, 0.1) is 5.92 Å². The summed E-state index contributed by atoms with van der Waals surface area (Å²) < 4.78 is 0. The van der Waals surface area contributed by atoms with Crippen molar-refractivity contribution in [2.45, 2.75) is 58.4 Å². The molecule has 0 radical (unpaired) electrons. The number of benzene rings is 5. The van der Waals surface area contributed by atoms with Crippen molar-refractivity contribution in [3.05, 3.63) is 169 Å². The first-order valence-corrected chi connectivity index (χ1v) is 18.1. The van der Waals surface area contributed by atoms with Crippen LogP contribution in [0.2, 0.25) is 0 Å². The molecule has 3 heteroatoms. The Hall–Kier alpha value is -5.02. The van der Waals surface area contributed by atoms with Gasteiger partial charge in [-0.15, -0.1) is 0 Å². The number of allylic oxidation sites excluding steroid dienone is 3. The summed E-state index contributed by atoms with van der Waals surface area (Å²) in [6.45, 7) is 16.5. The molecule has 250 valence electrons. The van der Waals surface area contributed by atoms with Crippen LogP contribution >= 0.6 is 0 Å². The summed E-state index contributed by atoms with van der Waals surface area (Å²) in [6.07, 6.45) is 10.9. The Balaban J connectivity index is 1.44. The van der Waals surface area contributed by atoms with E-state index in [4.69, 9.17) is 0 Å². The fraction of sp³-hybridized carbons (Fsp3) is 0.261. The van der Waals surface area contributed by atoms with Gasteiger partial charge < -0.3 is 15.1 Å². The van der Waals surface area contributed by atoms with Gasteiger partial charge in [-0.1, -0.05) is 112 Å². The molecule has 1 saturated carbocycles. The van der Waals surface area contributed by atoms with Gasteiger partial charge in [0.05, 0.1) is 0 Å². The predicted molar refractivity (Wildman–Crippen MR) is 213 cm³/mol. The molecule has 49 heavy (non-hydrogen) atoms. The molecule has 1 aliphatic rings. The molecular weight excluding hydrogens is 595 g/mol. The molecule has 0 bridgehead atoms. The van der Waals surface area contributed by atoms with E-state index in [0.29, 0.717) is 12.0 Å². The Morgan fingerprint density at radius 3 is 1.94 bits per heavy atom. The van der Waals surface area contributed by atoms with E-state index in [1.165, 1.54) is 70.2 Å². The molecule has 1 aliphatic carbocycles. The van der Waals surface area contributed by atoms with Gasteiger partial charge in [0.1, 0.15) is 0 Å². The van der Waals surface area contributed by atoms with E-state index < -0.39 is 0 Å². The third kappa shape index (κ3) is 7.37. The summed E-state index contributed by atoms with van der Waals surface area (Å²) in [4.78, 5) is 4.64. The van der Waals surface area contributed by atoms with Crippen molar-refractivity contribution in [1.82, 2.24) is 0 Å². The van der Waals surface area contributed by atoms with Crippen LogP contribution in [0.3, 0.4) is 0 Å². The van der Waals surface area contributed by atoms with Gasteiger partial charge >= 0.3 is 0 Å². The van der Waals surface area contributed by atoms with Gasteiger partial charge in [0.2, 0.25) is 0 Å². The molecule has 0 spiro atoms. The minimum Gasteiger partial charge on any atom is -0.382 e. The number of fused-ring (bicyclic) bond motifs is 1. The van der Waals surface area contributed by atoms with Gasteiger partial charge in [0, 0.05) is 58.9 Å². The van der Waals surface area contributed by atoms with Crippen molar-refractivity contribution in [2.24, 2.45) is 5.92 Å². The zero-order valence-electron chi connectivity index (χ0n) is 29.5. The molecule has 0 aromatic heterocycles. The molecule has 3 nitrogen and oxygen atoms in total. The Bertz CT molecular complexity index is 1870. The molecular formula is C46H51N3. The Kier molecular flexibility index (Phi) is 11.0. The molecule has 5 aromatic carbocycles. The lowest BCUT2D eigenvalue weighted by molar-refractivity contribution is 0.350. The third-order valence-electron chi connectivity index (χ3n) is 10.3. The molecule has 5 aromatic rings. The zero-order chi connectivity index (χ0) is 34.2. The summed E-state index contributed by atoms with van der Waals surface area (Å²) in [7, 11) is 0. The average Bonchev–Trinajstić information content (AvgIpc) is 3.15. The number of likely N-dealkylation sites (N-methyl/N-ethyl adjacent to an activating group) is 1. The quantitative estimate of drug-likeness (QED) is 0.102. The fourth-order valence-electron chi connectivity index (χ4n) is 7.70. The average molecular weight is 646 g/mol. The Morgan fingerprint density at radius 1 is 0.714 bits per heavy atom. The van der Waals surface area contributed by atoms with E-state index in [9.17, 15) is 0 Å². The molecule has 3 atom stereocenters. The molecule has 3 unspecified atom stereocenters. The van der Waals surface area contributed by atoms with Gasteiger partial charge in [0.25, 0.3) is 0 Å². The Labute approximate surface area is 294 Å². The van der Waals surface area contributed by atoms with Crippen LogP contribution in [0.5, 0.6) is 0 Å². The number of hydrogen-bond acceptors (Lipinski definition) is 3. The van der Waals surface area contributed by atoms with Crippen LogP contribution < -0.4 is 15.1 Å². The first kappa shape index (κ1) is 33.9. The van der Waals surface area contributed by atoms with Gasteiger partial charge in [0.15, 0.2) is 0 Å². The highest BCUT2D eigenvalue weighted by Gasteiger charge is 2.24. The lowest BCUT2D eigenvalue weighted by Crippen LogP contribution is -2.30. The molecule has 0 amide bonds. The highest BCUT2D eigenvalue weighted by molar-refractivity contribution is 5.97. The lowest BCUT2D eigenvalue weighted by atomic mass is 9.82. The summed E-state index contributed by atoms with van der Waals surface area (Å²) in [5.74, 6) is 0.737. The fourth-order valence-corrected chi connectivity index (χ4v) is 7.70. The van der Waals surface area contributed by atoms with Gasteiger partial charge in [-0.2, -0.15) is 0 Å². The summed E-state index contributed by atoms with van der Waals surface area (Å²) >= 11 is 0. The molecule has 0 heterocycles. The van der Waals surface area contributed by atoms with Crippen molar-refractivity contribution in [2.75, 3.05) is 28.2 Å². The molecule has 6 rings (SSSR count). The van der Waals surface area contributed by atoms with Gasteiger partial charge in [-0.25, -0.2) is 0 Å². The second kappa shape index (κ2) is 15.9. The van der Waals surface area contributed by atoms with Crippen LogP contribution in [0.1, 0.15) is 69.1 Å². The van der Waals surface area contributed by atoms with Crippen LogP contribution in [-0.4, -0.2) is 19.1 Å². The second-order valence-electron chi connectivity index (χ2n) is 13.2. The minimum absolute atomic E-state index is 0.0557. The largest absolute Gasteiger partial charge is 0.382 e. The van der Waals surface area contributed by atoms with Crippen LogP contribution in [0.15, 0.2) is 152 Å². The maximum Gasteiger partial charge on any atom is 0.0422 e. The summed E-state index contributed by atoms with van der Waals surface area (Å²) in [6, 6.07) is 43.1. The number of nitrogens with zero attached hydrogens (tertiary/aromatic N) is 2. The minimum atomic E-state index is 0.0557. The Morgan fingerprint density at radius 2 is 1.33 bits per heavy atom. The number of nitrogens with one attached hydrogen (secondary N) is 1. The number of rotatable bonds is 13. The van der Waals surface area contributed by atoms with E-state index in [0.717, 1.165) is 24.5 Å². The van der Waals surface area contributed by atoms with Crippen molar-refractivity contribution in [3.8, 4) is 0 Å². The SMILES string of the molecule is C=C/C=C(\C=C)N(CC)c1ccc(C(c2ccc(N(CC)c3ccccc3)cc2)c2ccc(NC3CCCCC3C)c3ccccc23)cc1. The standard InChI is InChI=1S/C46H51N3/c1-6-17-37(7-2)48(8-3)39-28-24-35(25-29-39)46(36-26-30-40(31-27-36)49(9-4)38-19-11-10-12-20-38)43-32-33-45(42-22-15-14-21-41(42)43)47-44-23-16-13-18-34(44)5/h6-7,10-12,14-15,17,19-22,24-34,44,46-47H,1-2,8-9,13,16,18,23H2,3-5H3/b37-17+. The topological polar surface area (TPSA) is 18.5 Å². The lowest BCUT2D eigenvalue weighted by Gasteiger charge is -2.31. The van der Waals surface area contributed by atoms with Crippen molar-refractivity contribution in [3.63, 3.8) is 0 Å². The maximum atomic E-state index is 4.05. The summed E-state index contributed by atoms with van der Waals surface area (Å²) in [5.41, 5.74) is 9.69. The first-order chi connectivity index (χ1) is 24.1. The van der Waals surface area contributed by atoms with Crippen molar-refractivity contribution >= 4 is 33.5 Å². The van der Waals surface area contributed by atoms with Gasteiger partial charge in [-0.05, 0) is 109 Å². The highest BCUT2D eigenvalue weighted by atomic mass is 15.1. The van der Waals surface area contributed by atoms with Crippen LogP contribution in [0.4, 0.5) is 22.7 Å². The monoisotopic (exact) mass is 645 g/mol. The maximum absolute atomic E-state index is 4.05. The number of anilines is 4.